The van der Waals surface area contributed by atoms with Crippen molar-refractivity contribution in [2.24, 2.45) is 5.73 Å². The molecule has 0 aromatic carbocycles. The fourth-order valence-electron chi connectivity index (χ4n) is 2.45. The molecule has 0 spiro atoms. The van der Waals surface area contributed by atoms with E-state index >= 15 is 0 Å². The van der Waals surface area contributed by atoms with Crippen LogP contribution in [-0.4, -0.2) is 51.2 Å². The molecule has 0 atom stereocenters. The van der Waals surface area contributed by atoms with Crippen LogP contribution in [0.25, 0.3) is 0 Å². The van der Waals surface area contributed by atoms with Gasteiger partial charge in [-0.25, -0.2) is 4.98 Å². The van der Waals surface area contributed by atoms with Crippen molar-refractivity contribution in [2.75, 3.05) is 31.1 Å². The Kier molecular flexibility index (Phi) is 4.10. The third-order valence-corrected chi connectivity index (χ3v) is 4.49. The molecule has 19 heavy (non-hydrogen) atoms. The van der Waals surface area contributed by atoms with E-state index in [9.17, 15) is 0 Å². The number of aromatic nitrogens is 2. The topological polar surface area (TPSA) is 50.3 Å². The summed E-state index contributed by atoms with van der Waals surface area (Å²) in [5.41, 5.74) is 5.63. The van der Waals surface area contributed by atoms with Gasteiger partial charge in [-0.3, -0.25) is 4.90 Å². The smallest absolute Gasteiger partial charge is 0.205 e. The minimum absolute atomic E-state index is 0.207. The first-order chi connectivity index (χ1) is 8.96. The zero-order chi connectivity index (χ0) is 14.0. The number of thiocarbonyl (C=S) groups is 1. The van der Waals surface area contributed by atoms with Gasteiger partial charge in [0, 0.05) is 45.1 Å². The second kappa shape index (κ2) is 5.46. The lowest BCUT2D eigenvalue weighted by molar-refractivity contribution is 0.167. The van der Waals surface area contributed by atoms with Crippen molar-refractivity contribution in [3.63, 3.8) is 0 Å². The second-order valence-electron chi connectivity index (χ2n) is 5.41. The van der Waals surface area contributed by atoms with Crippen LogP contribution in [0.15, 0.2) is 12.4 Å². The standard InChI is InChI=1S/C13H23N5S/c1-4-16-6-5-15-12(16)17-7-9-18(10-8-17)13(2,3)11(14)19/h5-6H,4,7-10H2,1-3H3,(H2,14,19). The quantitative estimate of drug-likeness (QED) is 0.837. The van der Waals surface area contributed by atoms with Crippen molar-refractivity contribution in [1.82, 2.24) is 14.5 Å². The van der Waals surface area contributed by atoms with Crippen LogP contribution in [0.4, 0.5) is 5.95 Å². The van der Waals surface area contributed by atoms with Crippen molar-refractivity contribution < 1.29 is 0 Å². The average molecular weight is 281 g/mol. The first kappa shape index (κ1) is 14.3. The monoisotopic (exact) mass is 281 g/mol. The Hall–Kier alpha value is -1.14. The summed E-state index contributed by atoms with van der Waals surface area (Å²) in [6, 6.07) is 0. The summed E-state index contributed by atoms with van der Waals surface area (Å²) in [6.07, 6.45) is 3.89. The molecule has 0 saturated carbocycles. The van der Waals surface area contributed by atoms with Gasteiger partial charge in [-0.05, 0) is 20.8 Å². The maximum atomic E-state index is 5.84. The molecule has 106 valence electrons. The number of nitrogens with zero attached hydrogens (tertiary/aromatic N) is 4. The third-order valence-electron chi connectivity index (χ3n) is 3.99. The van der Waals surface area contributed by atoms with E-state index in [0.717, 1.165) is 38.7 Å². The molecular weight excluding hydrogens is 258 g/mol. The highest BCUT2D eigenvalue weighted by Crippen LogP contribution is 2.20. The molecule has 6 heteroatoms. The summed E-state index contributed by atoms with van der Waals surface area (Å²) in [6.45, 7) is 11.1. The molecule has 2 N–H and O–H groups in total. The van der Waals surface area contributed by atoms with Crippen molar-refractivity contribution in [2.45, 2.75) is 32.9 Å². The molecular formula is C13H23N5S. The highest BCUT2D eigenvalue weighted by Gasteiger charge is 2.32. The predicted octanol–water partition coefficient (Wildman–Crippen LogP) is 1.09. The van der Waals surface area contributed by atoms with Crippen molar-refractivity contribution in [1.29, 1.82) is 0 Å². The van der Waals surface area contributed by atoms with Gasteiger partial charge in [0.25, 0.3) is 0 Å². The Morgan fingerprint density at radius 1 is 1.37 bits per heavy atom. The molecule has 2 rings (SSSR count). The van der Waals surface area contributed by atoms with Crippen LogP contribution in [0.1, 0.15) is 20.8 Å². The van der Waals surface area contributed by atoms with Gasteiger partial charge in [0.2, 0.25) is 5.95 Å². The first-order valence-corrected chi connectivity index (χ1v) is 7.18. The molecule has 0 amide bonds. The van der Waals surface area contributed by atoms with Crippen LogP contribution >= 0.6 is 12.2 Å². The number of piperazine rings is 1. The molecule has 0 unspecified atom stereocenters. The lowest BCUT2D eigenvalue weighted by Crippen LogP contribution is -2.59. The van der Waals surface area contributed by atoms with Gasteiger partial charge < -0.3 is 15.2 Å². The molecule has 2 heterocycles. The van der Waals surface area contributed by atoms with E-state index in [2.05, 4.69) is 40.1 Å². The van der Waals surface area contributed by atoms with Gasteiger partial charge >= 0.3 is 0 Å². The van der Waals surface area contributed by atoms with E-state index in [-0.39, 0.29) is 5.54 Å². The molecule has 0 radical (unpaired) electrons. The Labute approximate surface area is 120 Å². The summed E-state index contributed by atoms with van der Waals surface area (Å²) in [7, 11) is 0. The van der Waals surface area contributed by atoms with Crippen molar-refractivity contribution in [3.05, 3.63) is 12.4 Å². The molecule has 1 fully saturated rings. The molecule has 1 aromatic rings. The van der Waals surface area contributed by atoms with Crippen LogP contribution in [0.2, 0.25) is 0 Å². The molecule has 1 aliphatic heterocycles. The number of imidazole rings is 1. The summed E-state index contributed by atoms with van der Waals surface area (Å²) in [4.78, 5) is 9.70. The van der Waals surface area contributed by atoms with Gasteiger partial charge in [0.05, 0.1) is 10.5 Å². The fourth-order valence-corrected chi connectivity index (χ4v) is 2.58. The van der Waals surface area contributed by atoms with Crippen LogP contribution in [0.5, 0.6) is 0 Å². The Bertz CT molecular complexity index is 446. The SMILES string of the molecule is CCn1ccnc1N1CCN(C(C)(C)C(N)=S)CC1. The average Bonchev–Trinajstić information content (AvgIpc) is 2.87. The molecule has 0 bridgehead atoms. The minimum atomic E-state index is -0.207. The Morgan fingerprint density at radius 3 is 2.53 bits per heavy atom. The lowest BCUT2D eigenvalue weighted by Gasteiger charge is -2.43. The van der Waals surface area contributed by atoms with Crippen LogP contribution in [0.3, 0.4) is 0 Å². The number of aryl methyl sites for hydroxylation is 1. The zero-order valence-electron chi connectivity index (χ0n) is 12.0. The number of nitrogens with two attached hydrogens (primary N) is 1. The predicted molar refractivity (Wildman–Crippen MR) is 82.6 cm³/mol. The van der Waals surface area contributed by atoms with E-state index in [4.69, 9.17) is 18.0 Å². The first-order valence-electron chi connectivity index (χ1n) is 6.78. The molecule has 1 aromatic heterocycles. The highest BCUT2D eigenvalue weighted by molar-refractivity contribution is 7.80. The highest BCUT2D eigenvalue weighted by atomic mass is 32.1. The number of anilines is 1. The van der Waals surface area contributed by atoms with Gasteiger partial charge in [-0.1, -0.05) is 12.2 Å². The van der Waals surface area contributed by atoms with Crippen molar-refractivity contribution in [3.8, 4) is 0 Å². The maximum absolute atomic E-state index is 5.84. The van der Waals surface area contributed by atoms with E-state index in [1.807, 2.05) is 12.4 Å². The third kappa shape index (κ3) is 2.74. The van der Waals surface area contributed by atoms with Gasteiger partial charge in [-0.15, -0.1) is 0 Å². The van der Waals surface area contributed by atoms with Crippen LogP contribution in [0, 0.1) is 0 Å². The number of hydrogen-bond donors (Lipinski definition) is 1. The summed E-state index contributed by atoms with van der Waals surface area (Å²) in [5.74, 6) is 1.07. The van der Waals surface area contributed by atoms with Crippen molar-refractivity contribution >= 4 is 23.2 Å². The van der Waals surface area contributed by atoms with Gasteiger partial charge in [0.1, 0.15) is 0 Å². The zero-order valence-corrected chi connectivity index (χ0v) is 12.8. The lowest BCUT2D eigenvalue weighted by atomic mass is 10.0. The van der Waals surface area contributed by atoms with Crippen LogP contribution < -0.4 is 10.6 Å². The van der Waals surface area contributed by atoms with Gasteiger partial charge in [0.15, 0.2) is 0 Å². The summed E-state index contributed by atoms with van der Waals surface area (Å²) < 4.78 is 2.17. The normalized spacial score (nSPS) is 17.7. The number of rotatable bonds is 4. The van der Waals surface area contributed by atoms with E-state index in [0.29, 0.717) is 4.99 Å². The van der Waals surface area contributed by atoms with E-state index in [1.54, 1.807) is 0 Å². The summed E-state index contributed by atoms with van der Waals surface area (Å²) >= 11 is 5.17. The minimum Gasteiger partial charge on any atom is -0.392 e. The molecule has 1 saturated heterocycles. The van der Waals surface area contributed by atoms with Gasteiger partial charge in [-0.2, -0.15) is 0 Å². The second-order valence-corrected chi connectivity index (χ2v) is 5.85. The van der Waals surface area contributed by atoms with E-state index < -0.39 is 0 Å². The fraction of sp³-hybridized carbons (Fsp3) is 0.692. The van der Waals surface area contributed by atoms with E-state index in [1.165, 1.54) is 0 Å². The molecule has 1 aliphatic rings. The van der Waals surface area contributed by atoms with Crippen LogP contribution in [-0.2, 0) is 6.54 Å². The summed E-state index contributed by atoms with van der Waals surface area (Å²) in [5, 5.41) is 0. The maximum Gasteiger partial charge on any atom is 0.205 e. The number of hydrogen-bond acceptors (Lipinski definition) is 4. The Morgan fingerprint density at radius 2 is 2.00 bits per heavy atom. The molecule has 0 aliphatic carbocycles. The largest absolute Gasteiger partial charge is 0.392 e. The molecule has 5 nitrogen and oxygen atoms in total. The Balaban J connectivity index is 2.02.